The molecule has 5 nitrogen and oxygen atoms in total. The molecule has 0 aliphatic carbocycles. The molecule has 0 unspecified atom stereocenters. The maximum atomic E-state index is 13.5. The molecule has 156 valence electrons. The minimum absolute atomic E-state index is 0.127. The van der Waals surface area contributed by atoms with Crippen LogP contribution in [0.15, 0.2) is 78.0 Å². The highest BCUT2D eigenvalue weighted by Gasteiger charge is 2.18. The molecule has 0 saturated heterocycles. The van der Waals surface area contributed by atoms with Crippen LogP contribution in [0.1, 0.15) is 11.1 Å². The van der Waals surface area contributed by atoms with Gasteiger partial charge in [0.15, 0.2) is 11.0 Å². The van der Waals surface area contributed by atoms with E-state index in [-0.39, 0.29) is 17.5 Å². The Hall–Kier alpha value is -3.45. The second-order valence-corrected chi connectivity index (χ2v) is 8.03. The van der Waals surface area contributed by atoms with Crippen LogP contribution in [0.2, 0.25) is 0 Å². The second kappa shape index (κ2) is 9.14. The zero-order valence-corrected chi connectivity index (χ0v) is 18.0. The average molecular weight is 433 g/mol. The fraction of sp³-hybridized carbons (Fsp3) is 0.125. The third-order valence-electron chi connectivity index (χ3n) is 4.83. The minimum Gasteiger partial charge on any atom is -0.325 e. The SMILES string of the molecule is Cc1cccc(C)c1NC(=O)CSc1nnc(-c2ccccc2)n1-c1ccc(F)cc1. The van der Waals surface area contributed by atoms with E-state index in [2.05, 4.69) is 15.5 Å². The number of nitrogens with zero attached hydrogens (tertiary/aromatic N) is 3. The molecule has 4 rings (SSSR count). The Kier molecular flexibility index (Phi) is 6.13. The molecule has 0 saturated carbocycles. The van der Waals surface area contributed by atoms with E-state index in [0.29, 0.717) is 11.0 Å². The van der Waals surface area contributed by atoms with Gasteiger partial charge < -0.3 is 5.32 Å². The van der Waals surface area contributed by atoms with E-state index in [1.54, 1.807) is 12.1 Å². The van der Waals surface area contributed by atoms with Crippen molar-refractivity contribution in [2.24, 2.45) is 0 Å². The van der Waals surface area contributed by atoms with Gasteiger partial charge in [0.2, 0.25) is 5.91 Å². The molecule has 31 heavy (non-hydrogen) atoms. The first-order valence-electron chi connectivity index (χ1n) is 9.78. The van der Waals surface area contributed by atoms with Gasteiger partial charge in [-0.3, -0.25) is 9.36 Å². The fourth-order valence-electron chi connectivity index (χ4n) is 3.28. The van der Waals surface area contributed by atoms with Gasteiger partial charge in [-0.15, -0.1) is 10.2 Å². The highest BCUT2D eigenvalue weighted by atomic mass is 32.2. The maximum absolute atomic E-state index is 13.5. The van der Waals surface area contributed by atoms with Crippen LogP contribution >= 0.6 is 11.8 Å². The second-order valence-electron chi connectivity index (χ2n) is 7.09. The van der Waals surface area contributed by atoms with Crippen LogP contribution in [0.5, 0.6) is 0 Å². The van der Waals surface area contributed by atoms with Crippen molar-refractivity contribution in [3.8, 4) is 17.1 Å². The van der Waals surface area contributed by atoms with E-state index >= 15 is 0 Å². The first kappa shape index (κ1) is 20.8. The van der Waals surface area contributed by atoms with Crippen molar-refractivity contribution in [1.82, 2.24) is 14.8 Å². The largest absolute Gasteiger partial charge is 0.325 e. The summed E-state index contributed by atoms with van der Waals surface area (Å²) < 4.78 is 15.3. The van der Waals surface area contributed by atoms with Crippen LogP contribution in [0, 0.1) is 19.7 Å². The summed E-state index contributed by atoms with van der Waals surface area (Å²) in [5.74, 6) is 0.351. The Morgan fingerprint density at radius 3 is 2.29 bits per heavy atom. The molecule has 0 radical (unpaired) electrons. The summed E-state index contributed by atoms with van der Waals surface area (Å²) in [6, 6.07) is 21.7. The lowest BCUT2D eigenvalue weighted by Crippen LogP contribution is -2.16. The van der Waals surface area contributed by atoms with Crippen LogP contribution in [-0.4, -0.2) is 26.4 Å². The monoisotopic (exact) mass is 432 g/mol. The summed E-state index contributed by atoms with van der Waals surface area (Å²) in [5.41, 5.74) is 4.46. The number of hydrogen-bond donors (Lipinski definition) is 1. The van der Waals surface area contributed by atoms with E-state index in [0.717, 1.165) is 28.1 Å². The van der Waals surface area contributed by atoms with E-state index in [9.17, 15) is 9.18 Å². The molecule has 3 aromatic carbocycles. The number of halogens is 1. The molecule has 0 atom stereocenters. The van der Waals surface area contributed by atoms with Crippen LogP contribution in [0.4, 0.5) is 10.1 Å². The van der Waals surface area contributed by atoms with Gasteiger partial charge >= 0.3 is 0 Å². The summed E-state index contributed by atoms with van der Waals surface area (Å²) >= 11 is 1.28. The van der Waals surface area contributed by atoms with Crippen molar-refractivity contribution in [3.05, 3.63) is 89.7 Å². The van der Waals surface area contributed by atoms with Crippen LogP contribution in [-0.2, 0) is 4.79 Å². The number of nitrogens with one attached hydrogen (secondary N) is 1. The van der Waals surface area contributed by atoms with Crippen molar-refractivity contribution < 1.29 is 9.18 Å². The first-order chi connectivity index (χ1) is 15.0. The number of anilines is 1. The number of carbonyl (C=O) groups is 1. The summed E-state index contributed by atoms with van der Waals surface area (Å²) in [5, 5.41) is 12.2. The number of hydrogen-bond acceptors (Lipinski definition) is 4. The van der Waals surface area contributed by atoms with Gasteiger partial charge in [-0.25, -0.2) is 4.39 Å². The van der Waals surface area contributed by atoms with Crippen molar-refractivity contribution in [3.63, 3.8) is 0 Å². The molecular formula is C24H21FN4OS. The van der Waals surface area contributed by atoms with E-state index in [4.69, 9.17) is 0 Å². The number of amides is 1. The molecule has 1 aromatic heterocycles. The highest BCUT2D eigenvalue weighted by Crippen LogP contribution is 2.28. The molecule has 1 heterocycles. The van der Waals surface area contributed by atoms with Crippen molar-refractivity contribution in [2.45, 2.75) is 19.0 Å². The number of thioether (sulfide) groups is 1. The van der Waals surface area contributed by atoms with Gasteiger partial charge in [0.25, 0.3) is 0 Å². The zero-order valence-electron chi connectivity index (χ0n) is 17.2. The van der Waals surface area contributed by atoms with Gasteiger partial charge in [0.05, 0.1) is 5.75 Å². The molecule has 1 amide bonds. The first-order valence-corrected chi connectivity index (χ1v) is 10.8. The summed E-state index contributed by atoms with van der Waals surface area (Å²) in [6.45, 7) is 3.93. The van der Waals surface area contributed by atoms with Crippen molar-refractivity contribution in [1.29, 1.82) is 0 Å². The maximum Gasteiger partial charge on any atom is 0.234 e. The lowest BCUT2D eigenvalue weighted by atomic mass is 10.1. The number of rotatable bonds is 6. The molecule has 0 spiro atoms. The number of aromatic nitrogens is 3. The Morgan fingerprint density at radius 2 is 1.61 bits per heavy atom. The summed E-state index contributed by atoms with van der Waals surface area (Å²) in [7, 11) is 0. The number of aryl methyl sites for hydroxylation is 2. The third-order valence-corrected chi connectivity index (χ3v) is 5.76. The quantitative estimate of drug-likeness (QED) is 0.413. The highest BCUT2D eigenvalue weighted by molar-refractivity contribution is 7.99. The molecule has 0 aliphatic heterocycles. The van der Waals surface area contributed by atoms with Gasteiger partial charge in [-0.2, -0.15) is 0 Å². The normalized spacial score (nSPS) is 10.8. The fourth-order valence-corrected chi connectivity index (χ4v) is 4.03. The van der Waals surface area contributed by atoms with E-state index < -0.39 is 0 Å². The predicted molar refractivity (Wildman–Crippen MR) is 122 cm³/mol. The lowest BCUT2D eigenvalue weighted by molar-refractivity contribution is -0.113. The molecule has 7 heteroatoms. The average Bonchev–Trinajstić information content (AvgIpc) is 3.20. The van der Waals surface area contributed by atoms with Gasteiger partial charge in [0.1, 0.15) is 5.82 Å². The minimum atomic E-state index is -0.319. The van der Waals surface area contributed by atoms with Crippen LogP contribution in [0.3, 0.4) is 0 Å². The Morgan fingerprint density at radius 1 is 0.935 bits per heavy atom. The molecule has 1 N–H and O–H groups in total. The topological polar surface area (TPSA) is 59.8 Å². The predicted octanol–water partition coefficient (Wildman–Crippen LogP) is 5.42. The standard InChI is InChI=1S/C24H21FN4OS/c1-16-7-6-8-17(2)22(16)26-21(30)15-31-24-28-27-23(18-9-4-3-5-10-18)29(24)20-13-11-19(25)12-14-20/h3-14H,15H2,1-2H3,(H,26,30). The van der Waals surface area contributed by atoms with Gasteiger partial charge in [-0.1, -0.05) is 60.3 Å². The Labute approximate surface area is 184 Å². The number of para-hydroxylation sites is 1. The number of carbonyl (C=O) groups excluding carboxylic acids is 1. The molecule has 0 fully saturated rings. The summed E-state index contributed by atoms with van der Waals surface area (Å²) in [4.78, 5) is 12.6. The van der Waals surface area contributed by atoms with Gasteiger partial charge in [-0.05, 0) is 49.2 Å². The molecule has 4 aromatic rings. The summed E-state index contributed by atoms with van der Waals surface area (Å²) in [6.07, 6.45) is 0. The Balaban J connectivity index is 1.60. The van der Waals surface area contributed by atoms with Crippen molar-refractivity contribution in [2.75, 3.05) is 11.1 Å². The van der Waals surface area contributed by atoms with E-state index in [1.807, 2.05) is 66.9 Å². The van der Waals surface area contributed by atoms with Gasteiger partial charge in [0, 0.05) is 16.9 Å². The smallest absolute Gasteiger partial charge is 0.234 e. The Bertz CT molecular complexity index is 1190. The van der Waals surface area contributed by atoms with Crippen LogP contribution < -0.4 is 5.32 Å². The molecular weight excluding hydrogens is 411 g/mol. The zero-order chi connectivity index (χ0) is 21.8. The lowest BCUT2D eigenvalue weighted by Gasteiger charge is -2.12. The van der Waals surface area contributed by atoms with Crippen LogP contribution in [0.25, 0.3) is 17.1 Å². The van der Waals surface area contributed by atoms with Crippen molar-refractivity contribution >= 4 is 23.4 Å². The molecule has 0 aliphatic rings. The molecule has 0 bridgehead atoms. The van der Waals surface area contributed by atoms with E-state index in [1.165, 1.54) is 23.9 Å². The number of benzene rings is 3. The third kappa shape index (κ3) is 4.67.